The zero-order valence-corrected chi connectivity index (χ0v) is 13.3. The Labute approximate surface area is 131 Å². The number of rotatable bonds is 6. The van der Waals surface area contributed by atoms with Crippen molar-refractivity contribution >= 4 is 17.5 Å². The van der Waals surface area contributed by atoms with Crippen LogP contribution < -0.4 is 5.32 Å². The fourth-order valence-electron chi connectivity index (χ4n) is 2.36. The lowest BCUT2D eigenvalue weighted by molar-refractivity contribution is -0.113. The van der Waals surface area contributed by atoms with Gasteiger partial charge < -0.3 is 10.2 Å². The van der Waals surface area contributed by atoms with Crippen molar-refractivity contribution in [2.24, 2.45) is 0 Å². The normalized spacial score (nSPS) is 16.3. The Morgan fingerprint density at radius 3 is 2.57 bits per heavy atom. The predicted molar refractivity (Wildman–Crippen MR) is 90.1 cm³/mol. The SMILES string of the molecule is C=C/C(=C(/SCc1ccccc1)C(C)=O)N1CCNCC1. The highest BCUT2D eigenvalue weighted by Crippen LogP contribution is 2.27. The van der Waals surface area contributed by atoms with Crippen molar-refractivity contribution < 1.29 is 4.79 Å². The summed E-state index contributed by atoms with van der Waals surface area (Å²) in [6.45, 7) is 9.29. The molecule has 0 aliphatic carbocycles. The Morgan fingerprint density at radius 1 is 1.33 bits per heavy atom. The molecule has 2 rings (SSSR count). The highest BCUT2D eigenvalue weighted by atomic mass is 32.2. The van der Waals surface area contributed by atoms with Crippen LogP contribution in [-0.4, -0.2) is 36.9 Å². The average Bonchev–Trinajstić information content (AvgIpc) is 2.53. The summed E-state index contributed by atoms with van der Waals surface area (Å²) in [6, 6.07) is 10.2. The molecule has 1 aliphatic rings. The van der Waals surface area contributed by atoms with Crippen LogP contribution in [0.2, 0.25) is 0 Å². The molecule has 1 fully saturated rings. The summed E-state index contributed by atoms with van der Waals surface area (Å²) in [5.41, 5.74) is 2.20. The number of thioether (sulfide) groups is 1. The summed E-state index contributed by atoms with van der Waals surface area (Å²) in [4.78, 5) is 15.1. The monoisotopic (exact) mass is 302 g/mol. The smallest absolute Gasteiger partial charge is 0.168 e. The zero-order valence-electron chi connectivity index (χ0n) is 12.5. The third kappa shape index (κ3) is 4.48. The van der Waals surface area contributed by atoms with Crippen LogP contribution in [0.1, 0.15) is 12.5 Å². The maximum atomic E-state index is 12.0. The molecular formula is C17H22N2OS. The molecule has 112 valence electrons. The van der Waals surface area contributed by atoms with E-state index in [1.54, 1.807) is 18.7 Å². The second-order valence-corrected chi connectivity index (χ2v) is 5.97. The van der Waals surface area contributed by atoms with Gasteiger partial charge in [0.05, 0.1) is 10.6 Å². The summed E-state index contributed by atoms with van der Waals surface area (Å²) in [7, 11) is 0. The number of nitrogens with one attached hydrogen (secondary N) is 1. The van der Waals surface area contributed by atoms with Crippen LogP contribution in [0.4, 0.5) is 0 Å². The molecule has 1 aromatic rings. The van der Waals surface area contributed by atoms with E-state index in [0.29, 0.717) is 0 Å². The van der Waals surface area contributed by atoms with Gasteiger partial charge in [0, 0.05) is 31.9 Å². The quantitative estimate of drug-likeness (QED) is 0.647. The van der Waals surface area contributed by atoms with Gasteiger partial charge in [0.15, 0.2) is 5.78 Å². The summed E-state index contributed by atoms with van der Waals surface area (Å²) in [6.07, 6.45) is 1.82. The first-order valence-corrected chi connectivity index (χ1v) is 8.21. The summed E-state index contributed by atoms with van der Waals surface area (Å²) in [5, 5.41) is 3.33. The molecule has 0 bridgehead atoms. The third-order valence-corrected chi connectivity index (χ3v) is 4.69. The Hall–Kier alpha value is -1.52. The number of hydrogen-bond acceptors (Lipinski definition) is 4. The molecule has 0 atom stereocenters. The van der Waals surface area contributed by atoms with Crippen molar-refractivity contribution in [2.45, 2.75) is 12.7 Å². The van der Waals surface area contributed by atoms with Crippen LogP contribution in [0.3, 0.4) is 0 Å². The van der Waals surface area contributed by atoms with E-state index in [1.807, 2.05) is 24.3 Å². The van der Waals surface area contributed by atoms with Crippen LogP contribution >= 0.6 is 11.8 Å². The summed E-state index contributed by atoms with van der Waals surface area (Å²) in [5.74, 6) is 0.920. The number of hydrogen-bond donors (Lipinski definition) is 1. The van der Waals surface area contributed by atoms with E-state index < -0.39 is 0 Å². The molecule has 0 aromatic heterocycles. The molecule has 0 unspecified atom stereocenters. The van der Waals surface area contributed by atoms with E-state index in [2.05, 4.69) is 28.9 Å². The predicted octanol–water partition coefficient (Wildman–Crippen LogP) is 2.81. The highest BCUT2D eigenvalue weighted by Gasteiger charge is 2.18. The van der Waals surface area contributed by atoms with Gasteiger partial charge in [-0.05, 0) is 18.6 Å². The van der Waals surface area contributed by atoms with Crippen LogP contribution in [0, 0.1) is 0 Å². The lowest BCUT2D eigenvalue weighted by Gasteiger charge is -2.31. The lowest BCUT2D eigenvalue weighted by Crippen LogP contribution is -2.43. The first-order chi connectivity index (χ1) is 10.2. The second kappa shape index (κ2) is 8.05. The first-order valence-electron chi connectivity index (χ1n) is 7.22. The number of benzene rings is 1. The number of carbonyl (C=O) groups is 1. The first kappa shape index (κ1) is 15.9. The minimum atomic E-state index is 0.115. The van der Waals surface area contributed by atoms with Crippen molar-refractivity contribution in [1.82, 2.24) is 10.2 Å². The van der Waals surface area contributed by atoms with Crippen molar-refractivity contribution in [3.05, 3.63) is 59.2 Å². The molecule has 21 heavy (non-hydrogen) atoms. The van der Waals surface area contributed by atoms with Gasteiger partial charge in [0.1, 0.15) is 0 Å². The summed E-state index contributed by atoms with van der Waals surface area (Å²) < 4.78 is 0. The maximum Gasteiger partial charge on any atom is 0.168 e. The van der Waals surface area contributed by atoms with Gasteiger partial charge in [-0.25, -0.2) is 0 Å². The van der Waals surface area contributed by atoms with E-state index >= 15 is 0 Å². The van der Waals surface area contributed by atoms with Gasteiger partial charge in [-0.3, -0.25) is 4.79 Å². The molecule has 1 heterocycles. The van der Waals surface area contributed by atoms with Gasteiger partial charge in [-0.15, -0.1) is 11.8 Å². The molecular weight excluding hydrogens is 280 g/mol. The third-order valence-electron chi connectivity index (χ3n) is 3.43. The fraction of sp³-hybridized carbons (Fsp3) is 0.353. The molecule has 0 saturated carbocycles. The number of Topliss-reactive ketones (excluding diaryl/α,β-unsaturated/α-hetero) is 1. The van der Waals surface area contributed by atoms with Crippen LogP contribution in [0.15, 0.2) is 53.6 Å². The van der Waals surface area contributed by atoms with E-state index in [-0.39, 0.29) is 5.78 Å². The molecule has 0 spiro atoms. The fourth-order valence-corrected chi connectivity index (χ4v) is 3.42. The van der Waals surface area contributed by atoms with E-state index in [1.165, 1.54) is 5.56 Å². The Balaban J connectivity index is 2.16. The standard InChI is InChI=1S/C17H22N2OS/c1-3-16(19-11-9-18-10-12-19)17(14(2)20)21-13-15-7-5-4-6-8-15/h3-8,18H,1,9-13H2,2H3/b17-16-. The summed E-state index contributed by atoms with van der Waals surface area (Å²) >= 11 is 1.61. The molecule has 4 heteroatoms. The number of allylic oxidation sites excluding steroid dienone is 2. The average molecular weight is 302 g/mol. The maximum absolute atomic E-state index is 12.0. The van der Waals surface area contributed by atoms with Gasteiger partial charge in [-0.1, -0.05) is 36.9 Å². The molecule has 1 saturated heterocycles. The second-order valence-electron chi connectivity index (χ2n) is 4.99. The van der Waals surface area contributed by atoms with Crippen molar-refractivity contribution in [3.63, 3.8) is 0 Å². The Bertz CT molecular complexity index is 519. The highest BCUT2D eigenvalue weighted by molar-refractivity contribution is 8.03. The van der Waals surface area contributed by atoms with Crippen molar-refractivity contribution in [2.75, 3.05) is 26.2 Å². The molecule has 1 aromatic carbocycles. The Morgan fingerprint density at radius 2 is 2.00 bits per heavy atom. The largest absolute Gasteiger partial charge is 0.368 e. The molecule has 0 radical (unpaired) electrons. The minimum Gasteiger partial charge on any atom is -0.368 e. The van der Waals surface area contributed by atoms with Crippen LogP contribution in [0.5, 0.6) is 0 Å². The van der Waals surface area contributed by atoms with Gasteiger partial charge in [0.25, 0.3) is 0 Å². The van der Waals surface area contributed by atoms with Gasteiger partial charge in [-0.2, -0.15) is 0 Å². The number of piperazine rings is 1. The van der Waals surface area contributed by atoms with E-state index in [9.17, 15) is 4.79 Å². The van der Waals surface area contributed by atoms with E-state index in [4.69, 9.17) is 0 Å². The minimum absolute atomic E-state index is 0.115. The van der Waals surface area contributed by atoms with Gasteiger partial charge >= 0.3 is 0 Å². The molecule has 0 amide bonds. The Kier molecular flexibility index (Phi) is 6.08. The number of ketones is 1. The lowest BCUT2D eigenvalue weighted by atomic mass is 10.2. The topological polar surface area (TPSA) is 32.3 Å². The van der Waals surface area contributed by atoms with E-state index in [0.717, 1.165) is 42.5 Å². The number of carbonyl (C=O) groups excluding carboxylic acids is 1. The van der Waals surface area contributed by atoms with Gasteiger partial charge in [0.2, 0.25) is 0 Å². The molecule has 3 nitrogen and oxygen atoms in total. The van der Waals surface area contributed by atoms with Crippen molar-refractivity contribution in [3.8, 4) is 0 Å². The van der Waals surface area contributed by atoms with Crippen LogP contribution in [0.25, 0.3) is 0 Å². The zero-order chi connectivity index (χ0) is 15.1. The number of nitrogens with zero attached hydrogens (tertiary/aromatic N) is 1. The molecule has 1 aliphatic heterocycles. The van der Waals surface area contributed by atoms with Crippen molar-refractivity contribution in [1.29, 1.82) is 0 Å². The van der Waals surface area contributed by atoms with Crippen LogP contribution in [-0.2, 0) is 10.5 Å². The molecule has 1 N–H and O–H groups in total.